The summed E-state index contributed by atoms with van der Waals surface area (Å²) in [6.45, 7) is 4.95. The van der Waals surface area contributed by atoms with Gasteiger partial charge in [-0.25, -0.2) is 0 Å². The van der Waals surface area contributed by atoms with Gasteiger partial charge in [-0.05, 0) is 50.1 Å². The predicted octanol–water partition coefficient (Wildman–Crippen LogP) is 2.21. The van der Waals surface area contributed by atoms with Gasteiger partial charge in [0.05, 0.1) is 4.92 Å². The van der Waals surface area contributed by atoms with Crippen molar-refractivity contribution < 1.29 is 24.0 Å². The van der Waals surface area contributed by atoms with Crippen LogP contribution in [0.15, 0.2) is 42.5 Å². The van der Waals surface area contributed by atoms with Crippen molar-refractivity contribution >= 4 is 17.5 Å². The van der Waals surface area contributed by atoms with Gasteiger partial charge in [0.2, 0.25) is 0 Å². The summed E-state index contributed by atoms with van der Waals surface area (Å²) in [5.41, 5.74) is 6.16. The van der Waals surface area contributed by atoms with Crippen LogP contribution in [0.2, 0.25) is 0 Å². The van der Waals surface area contributed by atoms with E-state index in [-0.39, 0.29) is 18.0 Å². The number of hydrazine groups is 1. The molecule has 0 bridgehead atoms. The molecule has 0 fully saturated rings. The van der Waals surface area contributed by atoms with Gasteiger partial charge in [-0.2, -0.15) is 0 Å². The fraction of sp³-hybridized carbons (Fsp3) is 0.263. The molecule has 2 amide bonds. The third kappa shape index (κ3) is 5.97. The number of hydrogen-bond donors (Lipinski definition) is 2. The Labute approximate surface area is 161 Å². The molecule has 0 heterocycles. The quantitative estimate of drug-likeness (QED) is 0.555. The number of ether oxygens (including phenoxy) is 2. The van der Waals surface area contributed by atoms with Gasteiger partial charge in [-0.3, -0.25) is 30.6 Å². The van der Waals surface area contributed by atoms with Gasteiger partial charge in [-0.15, -0.1) is 0 Å². The van der Waals surface area contributed by atoms with Gasteiger partial charge < -0.3 is 9.47 Å². The summed E-state index contributed by atoms with van der Waals surface area (Å²) in [6, 6.07) is 11.3. The molecule has 0 aromatic heterocycles. The van der Waals surface area contributed by atoms with Gasteiger partial charge >= 0.3 is 5.69 Å². The number of carbonyl (C=O) groups excluding carboxylic acids is 2. The first kappa shape index (κ1) is 20.7. The number of nitro benzene ring substituents is 1. The van der Waals surface area contributed by atoms with Crippen LogP contribution in [0.4, 0.5) is 5.69 Å². The maximum atomic E-state index is 12.0. The van der Waals surface area contributed by atoms with Crippen LogP contribution < -0.4 is 20.3 Å². The topological polar surface area (TPSA) is 120 Å². The zero-order valence-electron chi connectivity index (χ0n) is 15.7. The third-order valence-electron chi connectivity index (χ3n) is 3.63. The largest absolute Gasteiger partial charge is 0.484 e. The van der Waals surface area contributed by atoms with Crippen molar-refractivity contribution in [2.75, 3.05) is 6.61 Å². The van der Waals surface area contributed by atoms with Crippen LogP contribution in [0.5, 0.6) is 11.5 Å². The Kier molecular flexibility index (Phi) is 6.91. The highest BCUT2D eigenvalue weighted by molar-refractivity contribution is 5.85. The first-order chi connectivity index (χ1) is 13.3. The molecule has 0 radical (unpaired) electrons. The number of nitrogens with one attached hydrogen (secondary N) is 2. The summed E-state index contributed by atoms with van der Waals surface area (Å²) in [6.07, 6.45) is -1.07. The number of rotatable bonds is 7. The first-order valence-corrected chi connectivity index (χ1v) is 8.46. The molecule has 1 atom stereocenters. The number of aryl methyl sites for hydroxylation is 2. The predicted molar refractivity (Wildman–Crippen MR) is 101 cm³/mol. The van der Waals surface area contributed by atoms with Crippen molar-refractivity contribution in [2.24, 2.45) is 0 Å². The summed E-state index contributed by atoms with van der Waals surface area (Å²) in [5.74, 6) is -0.727. The van der Waals surface area contributed by atoms with E-state index >= 15 is 0 Å². The Morgan fingerprint density at radius 3 is 2.39 bits per heavy atom. The Morgan fingerprint density at radius 1 is 1.11 bits per heavy atom. The molecule has 0 saturated heterocycles. The van der Waals surface area contributed by atoms with Crippen LogP contribution in [0, 0.1) is 24.0 Å². The molecular weight excluding hydrogens is 366 g/mol. The summed E-state index contributed by atoms with van der Waals surface area (Å²) in [4.78, 5) is 34.2. The zero-order valence-corrected chi connectivity index (χ0v) is 15.7. The highest BCUT2D eigenvalue weighted by atomic mass is 16.6. The average Bonchev–Trinajstić information content (AvgIpc) is 2.63. The van der Waals surface area contributed by atoms with E-state index in [1.54, 1.807) is 18.2 Å². The molecule has 148 valence electrons. The number of nitrogens with zero attached hydrogens (tertiary/aromatic N) is 1. The number of carbonyl (C=O) groups is 2. The van der Waals surface area contributed by atoms with Gasteiger partial charge in [-0.1, -0.05) is 18.2 Å². The molecule has 0 aliphatic rings. The molecule has 0 unspecified atom stereocenters. The molecule has 9 nitrogen and oxygen atoms in total. The van der Waals surface area contributed by atoms with Crippen molar-refractivity contribution in [3.8, 4) is 11.5 Å². The summed E-state index contributed by atoms with van der Waals surface area (Å²) in [7, 11) is 0. The lowest BCUT2D eigenvalue weighted by Gasteiger charge is -2.15. The zero-order chi connectivity index (χ0) is 20.7. The van der Waals surface area contributed by atoms with E-state index in [4.69, 9.17) is 9.47 Å². The second kappa shape index (κ2) is 9.36. The number of para-hydroxylation sites is 2. The van der Waals surface area contributed by atoms with Crippen LogP contribution in [-0.4, -0.2) is 29.4 Å². The van der Waals surface area contributed by atoms with Gasteiger partial charge in [0, 0.05) is 6.07 Å². The lowest BCUT2D eigenvalue weighted by atomic mass is 10.1. The Bertz CT molecular complexity index is 863. The number of nitro groups is 1. The minimum absolute atomic E-state index is 0.0420. The lowest BCUT2D eigenvalue weighted by Crippen LogP contribution is -2.48. The highest BCUT2D eigenvalue weighted by Crippen LogP contribution is 2.26. The minimum Gasteiger partial charge on any atom is -0.484 e. The van der Waals surface area contributed by atoms with Crippen LogP contribution in [0.1, 0.15) is 18.1 Å². The molecule has 2 rings (SSSR count). The van der Waals surface area contributed by atoms with Crippen molar-refractivity contribution in [3.63, 3.8) is 0 Å². The van der Waals surface area contributed by atoms with E-state index in [1.807, 2.05) is 19.9 Å². The number of benzene rings is 2. The first-order valence-electron chi connectivity index (χ1n) is 8.46. The Balaban J connectivity index is 1.82. The standard InChI is InChI=1S/C19H21N3O6/c1-12-8-13(2)10-15(9-12)27-11-18(23)20-21-19(24)14(3)28-17-7-5-4-6-16(17)22(25)26/h4-10,14H,11H2,1-3H3,(H,20,23)(H,21,24)/t14-/m0/s1. The number of amides is 2. The molecule has 0 aliphatic heterocycles. The van der Waals surface area contributed by atoms with E-state index in [0.29, 0.717) is 5.75 Å². The second-order valence-electron chi connectivity index (χ2n) is 6.13. The molecule has 0 saturated carbocycles. The van der Waals surface area contributed by atoms with Crippen molar-refractivity contribution in [2.45, 2.75) is 26.9 Å². The number of hydrogen-bond acceptors (Lipinski definition) is 6. The summed E-state index contributed by atoms with van der Waals surface area (Å²) >= 11 is 0. The SMILES string of the molecule is Cc1cc(C)cc(OCC(=O)NNC(=O)[C@H](C)Oc2ccccc2[N+](=O)[O-])c1. The fourth-order valence-electron chi connectivity index (χ4n) is 2.39. The van der Waals surface area contributed by atoms with E-state index in [1.165, 1.54) is 25.1 Å². The molecule has 2 aromatic rings. The summed E-state index contributed by atoms with van der Waals surface area (Å²) < 4.78 is 10.7. The Hall–Kier alpha value is -3.62. The van der Waals surface area contributed by atoms with E-state index in [9.17, 15) is 19.7 Å². The molecule has 28 heavy (non-hydrogen) atoms. The van der Waals surface area contributed by atoms with E-state index < -0.39 is 22.8 Å². The van der Waals surface area contributed by atoms with Crippen LogP contribution in [0.25, 0.3) is 0 Å². The monoisotopic (exact) mass is 387 g/mol. The summed E-state index contributed by atoms with van der Waals surface area (Å²) in [5, 5.41) is 11.0. The van der Waals surface area contributed by atoms with E-state index in [2.05, 4.69) is 10.9 Å². The maximum Gasteiger partial charge on any atom is 0.310 e. The van der Waals surface area contributed by atoms with Crippen LogP contribution in [0.3, 0.4) is 0 Å². The van der Waals surface area contributed by atoms with Gasteiger partial charge in [0.25, 0.3) is 11.8 Å². The second-order valence-corrected chi connectivity index (χ2v) is 6.13. The minimum atomic E-state index is -1.07. The lowest BCUT2D eigenvalue weighted by molar-refractivity contribution is -0.386. The average molecular weight is 387 g/mol. The molecule has 2 aromatic carbocycles. The maximum absolute atomic E-state index is 12.0. The molecule has 0 spiro atoms. The Morgan fingerprint density at radius 2 is 1.75 bits per heavy atom. The smallest absolute Gasteiger partial charge is 0.310 e. The van der Waals surface area contributed by atoms with Gasteiger partial charge in [0.15, 0.2) is 18.5 Å². The van der Waals surface area contributed by atoms with Gasteiger partial charge in [0.1, 0.15) is 5.75 Å². The van der Waals surface area contributed by atoms with Crippen LogP contribution >= 0.6 is 0 Å². The highest BCUT2D eigenvalue weighted by Gasteiger charge is 2.21. The van der Waals surface area contributed by atoms with Crippen molar-refractivity contribution in [1.29, 1.82) is 0 Å². The molecule has 0 aliphatic carbocycles. The van der Waals surface area contributed by atoms with E-state index in [0.717, 1.165) is 11.1 Å². The third-order valence-corrected chi connectivity index (χ3v) is 3.63. The van der Waals surface area contributed by atoms with Crippen molar-refractivity contribution in [1.82, 2.24) is 10.9 Å². The normalized spacial score (nSPS) is 11.2. The van der Waals surface area contributed by atoms with Crippen LogP contribution in [-0.2, 0) is 9.59 Å². The fourth-order valence-corrected chi connectivity index (χ4v) is 2.39. The molecule has 2 N–H and O–H groups in total. The molecule has 9 heteroatoms. The molecular formula is C19H21N3O6. The van der Waals surface area contributed by atoms with Crippen molar-refractivity contribution in [3.05, 3.63) is 63.7 Å².